The van der Waals surface area contributed by atoms with Crippen LogP contribution in [0, 0.1) is 5.92 Å². The lowest BCUT2D eigenvalue weighted by Gasteiger charge is -2.20. The van der Waals surface area contributed by atoms with E-state index >= 15 is 0 Å². The van der Waals surface area contributed by atoms with Gasteiger partial charge in [0.15, 0.2) is 0 Å². The van der Waals surface area contributed by atoms with Gasteiger partial charge < -0.3 is 10.0 Å². The number of aliphatic carboxylic acids is 1. The Morgan fingerprint density at radius 3 is 2.93 bits per heavy atom. The summed E-state index contributed by atoms with van der Waals surface area (Å²) in [7, 11) is 1.86. The fourth-order valence-corrected chi connectivity index (χ4v) is 1.17. The summed E-state index contributed by atoms with van der Waals surface area (Å²) in [4.78, 5) is 16.5. The van der Waals surface area contributed by atoms with Gasteiger partial charge in [0, 0.05) is 19.8 Å². The number of pyridine rings is 1. The van der Waals surface area contributed by atoms with Gasteiger partial charge in [-0.2, -0.15) is 0 Å². The summed E-state index contributed by atoms with van der Waals surface area (Å²) in [5, 5.41) is 8.74. The molecule has 0 radical (unpaired) electrons. The second-order valence-corrected chi connectivity index (χ2v) is 3.33. The fraction of sp³-hybridized carbons (Fsp3) is 0.400. The molecule has 1 atom stereocenters. The van der Waals surface area contributed by atoms with Gasteiger partial charge in [-0.1, -0.05) is 6.92 Å². The second kappa shape index (κ2) is 4.60. The Hall–Kier alpha value is -1.58. The van der Waals surface area contributed by atoms with Crippen LogP contribution in [0.4, 0.5) is 5.69 Å². The van der Waals surface area contributed by atoms with Crippen LogP contribution in [-0.2, 0) is 4.79 Å². The minimum atomic E-state index is -0.777. The number of carboxylic acid groups (broad SMARTS) is 1. The maximum atomic E-state index is 10.6. The van der Waals surface area contributed by atoms with Gasteiger partial charge in [0.05, 0.1) is 17.8 Å². The van der Waals surface area contributed by atoms with Gasteiger partial charge in [-0.3, -0.25) is 9.78 Å². The SMILES string of the molecule is CC(CN(C)c1cccnc1)C(=O)O. The zero-order chi connectivity index (χ0) is 10.6. The Kier molecular flexibility index (Phi) is 3.45. The van der Waals surface area contributed by atoms with Crippen LogP contribution in [0.15, 0.2) is 24.5 Å². The van der Waals surface area contributed by atoms with E-state index in [1.807, 2.05) is 24.1 Å². The number of carbonyl (C=O) groups is 1. The third-order valence-electron chi connectivity index (χ3n) is 2.06. The summed E-state index contributed by atoms with van der Waals surface area (Å²) in [5.74, 6) is -1.15. The second-order valence-electron chi connectivity index (χ2n) is 3.33. The smallest absolute Gasteiger partial charge is 0.308 e. The molecule has 1 aromatic heterocycles. The van der Waals surface area contributed by atoms with E-state index in [2.05, 4.69) is 4.98 Å². The van der Waals surface area contributed by atoms with Crippen molar-refractivity contribution in [2.24, 2.45) is 5.92 Å². The van der Waals surface area contributed by atoms with Crippen molar-refractivity contribution in [1.82, 2.24) is 4.98 Å². The quantitative estimate of drug-likeness (QED) is 0.783. The Bertz CT molecular complexity index is 300. The molecule has 0 amide bonds. The van der Waals surface area contributed by atoms with E-state index in [0.717, 1.165) is 5.69 Å². The minimum Gasteiger partial charge on any atom is -0.481 e. The summed E-state index contributed by atoms with van der Waals surface area (Å²) < 4.78 is 0. The van der Waals surface area contributed by atoms with Crippen molar-refractivity contribution in [3.05, 3.63) is 24.5 Å². The molecule has 0 bridgehead atoms. The number of rotatable bonds is 4. The zero-order valence-electron chi connectivity index (χ0n) is 8.34. The summed E-state index contributed by atoms with van der Waals surface area (Å²) in [5.41, 5.74) is 0.931. The molecule has 1 N–H and O–H groups in total. The Labute approximate surface area is 83.2 Å². The molecule has 1 unspecified atom stereocenters. The van der Waals surface area contributed by atoms with E-state index in [9.17, 15) is 4.79 Å². The maximum absolute atomic E-state index is 10.6. The van der Waals surface area contributed by atoms with Gasteiger partial charge in [-0.25, -0.2) is 0 Å². The lowest BCUT2D eigenvalue weighted by Crippen LogP contribution is -2.28. The topological polar surface area (TPSA) is 53.4 Å². The molecular formula is C10H14N2O2. The first-order valence-corrected chi connectivity index (χ1v) is 4.45. The lowest BCUT2D eigenvalue weighted by atomic mass is 10.1. The molecule has 1 rings (SSSR count). The molecule has 0 aliphatic rings. The minimum absolute atomic E-state index is 0.375. The number of aromatic nitrogens is 1. The lowest BCUT2D eigenvalue weighted by molar-refractivity contribution is -0.140. The highest BCUT2D eigenvalue weighted by Gasteiger charge is 2.13. The van der Waals surface area contributed by atoms with E-state index in [0.29, 0.717) is 6.54 Å². The molecule has 14 heavy (non-hydrogen) atoms. The van der Waals surface area contributed by atoms with Gasteiger partial charge in [0.2, 0.25) is 0 Å². The first kappa shape index (κ1) is 10.5. The average molecular weight is 194 g/mol. The molecule has 0 fully saturated rings. The average Bonchev–Trinajstić information content (AvgIpc) is 2.19. The van der Waals surface area contributed by atoms with E-state index in [1.54, 1.807) is 19.3 Å². The zero-order valence-corrected chi connectivity index (χ0v) is 8.34. The third kappa shape index (κ3) is 2.73. The fourth-order valence-electron chi connectivity index (χ4n) is 1.17. The third-order valence-corrected chi connectivity index (χ3v) is 2.06. The predicted molar refractivity (Wildman–Crippen MR) is 54.3 cm³/mol. The molecule has 4 heteroatoms. The van der Waals surface area contributed by atoms with Crippen LogP contribution in [0.2, 0.25) is 0 Å². The van der Waals surface area contributed by atoms with E-state index < -0.39 is 5.97 Å². The van der Waals surface area contributed by atoms with Crippen molar-refractivity contribution < 1.29 is 9.90 Å². The van der Waals surface area contributed by atoms with Crippen molar-refractivity contribution >= 4 is 11.7 Å². The van der Waals surface area contributed by atoms with Crippen LogP contribution in [0.1, 0.15) is 6.92 Å². The number of hydrogen-bond donors (Lipinski definition) is 1. The summed E-state index contributed by atoms with van der Waals surface area (Å²) in [6.45, 7) is 2.18. The largest absolute Gasteiger partial charge is 0.481 e. The Morgan fingerprint density at radius 2 is 2.43 bits per heavy atom. The first-order chi connectivity index (χ1) is 6.61. The molecule has 0 spiro atoms. The number of anilines is 1. The van der Waals surface area contributed by atoms with E-state index in [-0.39, 0.29) is 5.92 Å². The van der Waals surface area contributed by atoms with Crippen molar-refractivity contribution in [2.45, 2.75) is 6.92 Å². The van der Waals surface area contributed by atoms with Crippen LogP contribution >= 0.6 is 0 Å². The highest BCUT2D eigenvalue weighted by molar-refractivity contribution is 5.70. The molecule has 1 aromatic rings. The van der Waals surface area contributed by atoms with Crippen molar-refractivity contribution in [3.8, 4) is 0 Å². The molecule has 0 saturated carbocycles. The van der Waals surface area contributed by atoms with Crippen LogP contribution in [0.3, 0.4) is 0 Å². The number of nitrogens with zero attached hydrogens (tertiary/aromatic N) is 2. The van der Waals surface area contributed by atoms with Crippen molar-refractivity contribution in [2.75, 3.05) is 18.5 Å². The van der Waals surface area contributed by atoms with Gasteiger partial charge in [0.1, 0.15) is 0 Å². The van der Waals surface area contributed by atoms with Crippen LogP contribution < -0.4 is 4.90 Å². The standard InChI is InChI=1S/C10H14N2O2/c1-8(10(13)14)7-12(2)9-4-3-5-11-6-9/h3-6,8H,7H2,1-2H3,(H,13,14). The molecule has 0 aromatic carbocycles. The Balaban J connectivity index is 2.59. The normalized spacial score (nSPS) is 12.1. The van der Waals surface area contributed by atoms with E-state index in [1.165, 1.54) is 0 Å². The molecule has 1 heterocycles. The predicted octanol–water partition coefficient (Wildman–Crippen LogP) is 1.24. The van der Waals surface area contributed by atoms with Crippen LogP contribution in [0.5, 0.6) is 0 Å². The number of hydrogen-bond acceptors (Lipinski definition) is 3. The van der Waals surface area contributed by atoms with Crippen LogP contribution in [0.25, 0.3) is 0 Å². The van der Waals surface area contributed by atoms with Crippen molar-refractivity contribution in [3.63, 3.8) is 0 Å². The molecular weight excluding hydrogens is 180 g/mol. The van der Waals surface area contributed by atoms with Crippen LogP contribution in [-0.4, -0.2) is 29.7 Å². The molecule has 0 aliphatic carbocycles. The van der Waals surface area contributed by atoms with Gasteiger partial charge >= 0.3 is 5.97 Å². The highest BCUT2D eigenvalue weighted by atomic mass is 16.4. The maximum Gasteiger partial charge on any atom is 0.308 e. The van der Waals surface area contributed by atoms with E-state index in [4.69, 9.17) is 5.11 Å². The Morgan fingerprint density at radius 1 is 1.71 bits per heavy atom. The molecule has 4 nitrogen and oxygen atoms in total. The van der Waals surface area contributed by atoms with Gasteiger partial charge in [-0.15, -0.1) is 0 Å². The summed E-state index contributed by atoms with van der Waals surface area (Å²) >= 11 is 0. The monoisotopic (exact) mass is 194 g/mol. The molecule has 76 valence electrons. The highest BCUT2D eigenvalue weighted by Crippen LogP contribution is 2.11. The van der Waals surface area contributed by atoms with Gasteiger partial charge in [0.25, 0.3) is 0 Å². The first-order valence-electron chi connectivity index (χ1n) is 4.45. The summed E-state index contributed by atoms with van der Waals surface area (Å²) in [6.07, 6.45) is 3.41. The van der Waals surface area contributed by atoms with Gasteiger partial charge in [-0.05, 0) is 12.1 Å². The van der Waals surface area contributed by atoms with Crippen molar-refractivity contribution in [1.29, 1.82) is 0 Å². The molecule has 0 saturated heterocycles. The number of carboxylic acids is 1. The molecule has 0 aliphatic heterocycles. The summed E-state index contributed by atoms with van der Waals surface area (Å²) in [6, 6.07) is 3.73.